The highest BCUT2D eigenvalue weighted by Crippen LogP contribution is 2.39. The van der Waals surface area contributed by atoms with Gasteiger partial charge in [0.25, 0.3) is 6.43 Å². The summed E-state index contributed by atoms with van der Waals surface area (Å²) in [5, 5.41) is 0. The molecule has 10 heavy (non-hydrogen) atoms. The van der Waals surface area contributed by atoms with Gasteiger partial charge in [0.15, 0.2) is 0 Å². The number of halogens is 3. The smallest absolute Gasteiger partial charge is 0.257 e. The predicted octanol–water partition coefficient (Wildman–Crippen LogP) is 1.10. The molecule has 3 N–H and O–H groups in total. The lowest BCUT2D eigenvalue weighted by atomic mass is 10.3. The third kappa shape index (κ3) is 2.04. The Morgan fingerprint density at radius 3 is 1.90 bits per heavy atom. The average Bonchev–Trinajstić information content (AvgIpc) is 2.71. The first kappa shape index (κ1) is 10.1. The normalized spacial score (nSPS) is 19.8. The van der Waals surface area contributed by atoms with Crippen LogP contribution in [0.3, 0.4) is 0 Å². The summed E-state index contributed by atoms with van der Waals surface area (Å²) in [7, 11) is 0. The Bertz CT molecular complexity index is 95.6. The molecule has 0 saturated heterocycles. The third-order valence-electron chi connectivity index (χ3n) is 1.49. The molecule has 1 saturated carbocycles. The van der Waals surface area contributed by atoms with Gasteiger partial charge in [0.1, 0.15) is 0 Å². The average molecular weight is 173 g/mol. The van der Waals surface area contributed by atoms with E-state index in [1.165, 1.54) is 6.38 Å². The van der Waals surface area contributed by atoms with Gasteiger partial charge < -0.3 is 0 Å². The topological polar surface area (TPSA) is 38.0 Å². The van der Waals surface area contributed by atoms with Crippen LogP contribution in [0.2, 0.25) is 0 Å². The van der Waals surface area contributed by atoms with Gasteiger partial charge in [-0.1, -0.05) is 0 Å². The molecule has 0 radical (unpaired) electrons. The maximum atomic E-state index is 11.7. The van der Waals surface area contributed by atoms with Crippen molar-refractivity contribution in [1.82, 2.24) is 5.43 Å². The van der Waals surface area contributed by atoms with E-state index in [0.717, 1.165) is 0 Å². The fourth-order valence-electron chi connectivity index (χ4n) is 0.560. The predicted molar refractivity (Wildman–Crippen MR) is 37.1 cm³/mol. The minimum atomic E-state index is -2.31. The molecule has 0 atom stereocenters. The number of nitrogens with one attached hydrogen (secondary N) is 1. The number of rotatable bonds is 2. The van der Waals surface area contributed by atoms with Crippen molar-refractivity contribution < 1.29 is 8.78 Å². The third-order valence-corrected chi connectivity index (χ3v) is 1.49. The Morgan fingerprint density at radius 1 is 1.50 bits per heavy atom. The van der Waals surface area contributed by atoms with Gasteiger partial charge in [-0.3, -0.25) is 5.84 Å². The Labute approximate surface area is 63.7 Å². The van der Waals surface area contributed by atoms with E-state index in [1.807, 2.05) is 0 Å². The molecule has 0 heterocycles. The minimum Gasteiger partial charge on any atom is -0.271 e. The number of hydrogen-bond donors (Lipinski definition) is 2. The van der Waals surface area contributed by atoms with Gasteiger partial charge in [-0.2, -0.15) is 0 Å². The second kappa shape index (κ2) is 4.05. The molecule has 2 nitrogen and oxygen atoms in total. The highest BCUT2D eigenvalue weighted by Gasteiger charge is 2.50. The minimum absolute atomic E-state index is 0.501. The van der Waals surface area contributed by atoms with E-state index < -0.39 is 12.0 Å². The van der Waals surface area contributed by atoms with E-state index in [0.29, 0.717) is 12.8 Å². The van der Waals surface area contributed by atoms with E-state index >= 15 is 0 Å². The lowest BCUT2D eigenvalue weighted by Crippen LogP contribution is -2.42. The van der Waals surface area contributed by atoms with Crippen LogP contribution >= 0.6 is 11.6 Å². The van der Waals surface area contributed by atoms with Crippen molar-refractivity contribution in [3.8, 4) is 0 Å². The number of hydrogen-bond acceptors (Lipinski definition) is 2. The van der Waals surface area contributed by atoms with E-state index in [2.05, 4.69) is 17.0 Å². The standard InChI is InChI=1S/C4H8F2N2.CH3Cl/c5-3(6)4(8-7)1-2-4;1-2/h3,8H,1-2,7H2;1H3. The van der Waals surface area contributed by atoms with Crippen molar-refractivity contribution in [2.75, 3.05) is 6.38 Å². The van der Waals surface area contributed by atoms with Gasteiger partial charge in [0.2, 0.25) is 0 Å². The summed E-state index contributed by atoms with van der Waals surface area (Å²) >= 11 is 4.64. The Kier molecular flexibility index (Phi) is 4.08. The monoisotopic (exact) mass is 172 g/mol. The first-order chi connectivity index (χ1) is 4.71. The molecular weight excluding hydrogens is 162 g/mol. The first-order valence-electron chi connectivity index (χ1n) is 2.85. The summed E-state index contributed by atoms with van der Waals surface area (Å²) < 4.78 is 23.5. The van der Waals surface area contributed by atoms with Crippen molar-refractivity contribution >= 4 is 11.6 Å². The second-order valence-electron chi connectivity index (χ2n) is 2.10. The molecule has 62 valence electrons. The van der Waals surface area contributed by atoms with Crippen molar-refractivity contribution in [3.63, 3.8) is 0 Å². The van der Waals surface area contributed by atoms with Crippen LogP contribution in [0.4, 0.5) is 8.78 Å². The maximum Gasteiger partial charge on any atom is 0.257 e. The molecule has 0 amide bonds. The van der Waals surface area contributed by atoms with Crippen LogP contribution in [0, 0.1) is 0 Å². The van der Waals surface area contributed by atoms with Crippen LogP contribution in [-0.2, 0) is 0 Å². The van der Waals surface area contributed by atoms with Gasteiger partial charge in [0.05, 0.1) is 5.54 Å². The molecule has 5 heteroatoms. The highest BCUT2D eigenvalue weighted by atomic mass is 35.5. The summed E-state index contributed by atoms with van der Waals surface area (Å²) in [5.41, 5.74) is 1.09. The lowest BCUT2D eigenvalue weighted by Gasteiger charge is -2.10. The molecule has 1 aliphatic carbocycles. The van der Waals surface area contributed by atoms with Crippen molar-refractivity contribution in [2.24, 2.45) is 5.84 Å². The van der Waals surface area contributed by atoms with E-state index in [9.17, 15) is 8.78 Å². The first-order valence-corrected chi connectivity index (χ1v) is 3.60. The summed E-state index contributed by atoms with van der Waals surface area (Å²) in [6, 6.07) is 0. The molecule has 0 aromatic carbocycles. The van der Waals surface area contributed by atoms with Crippen LogP contribution in [-0.4, -0.2) is 18.3 Å². The van der Waals surface area contributed by atoms with Gasteiger partial charge in [-0.05, 0) is 12.8 Å². The zero-order chi connectivity index (χ0) is 8.20. The number of alkyl halides is 3. The molecule has 0 bridgehead atoms. The van der Waals surface area contributed by atoms with Crippen LogP contribution < -0.4 is 11.3 Å². The summed E-state index contributed by atoms with van der Waals surface area (Å²) in [5.74, 6) is 4.84. The van der Waals surface area contributed by atoms with E-state index in [4.69, 9.17) is 5.84 Å². The molecule has 0 aliphatic heterocycles. The summed E-state index contributed by atoms with van der Waals surface area (Å²) in [4.78, 5) is 0. The second-order valence-corrected chi connectivity index (χ2v) is 2.10. The van der Waals surface area contributed by atoms with E-state index in [1.54, 1.807) is 0 Å². The highest BCUT2D eigenvalue weighted by molar-refractivity contribution is 6.15. The largest absolute Gasteiger partial charge is 0.271 e. The molecule has 0 unspecified atom stereocenters. The zero-order valence-electron chi connectivity index (χ0n) is 5.70. The van der Waals surface area contributed by atoms with Crippen LogP contribution in [0.25, 0.3) is 0 Å². The number of hydrazine groups is 1. The lowest BCUT2D eigenvalue weighted by molar-refractivity contribution is 0.0860. The van der Waals surface area contributed by atoms with Crippen molar-refractivity contribution in [2.45, 2.75) is 24.8 Å². The van der Waals surface area contributed by atoms with Crippen LogP contribution in [0.1, 0.15) is 12.8 Å². The Hall–Kier alpha value is 0.0700. The van der Waals surface area contributed by atoms with Crippen molar-refractivity contribution in [1.29, 1.82) is 0 Å². The Morgan fingerprint density at radius 2 is 1.90 bits per heavy atom. The molecule has 0 spiro atoms. The van der Waals surface area contributed by atoms with E-state index in [-0.39, 0.29) is 0 Å². The SMILES string of the molecule is CCl.NNC1(C(F)F)CC1. The van der Waals surface area contributed by atoms with Crippen LogP contribution in [0.15, 0.2) is 0 Å². The molecule has 1 rings (SSSR count). The molecular formula is C5H11ClF2N2. The van der Waals surface area contributed by atoms with Gasteiger partial charge in [0, 0.05) is 6.38 Å². The summed E-state index contributed by atoms with van der Waals surface area (Å²) in [6.07, 6.45) is 0.162. The molecule has 0 aromatic rings. The Balaban J connectivity index is 0.000000371. The quantitative estimate of drug-likeness (QED) is 0.372. The summed E-state index contributed by atoms with van der Waals surface area (Å²) in [6.45, 7) is 0. The van der Waals surface area contributed by atoms with Gasteiger partial charge in [-0.25, -0.2) is 14.2 Å². The van der Waals surface area contributed by atoms with Crippen molar-refractivity contribution in [3.05, 3.63) is 0 Å². The zero-order valence-corrected chi connectivity index (χ0v) is 6.46. The van der Waals surface area contributed by atoms with Crippen LogP contribution in [0.5, 0.6) is 0 Å². The molecule has 0 aromatic heterocycles. The van der Waals surface area contributed by atoms with Gasteiger partial charge >= 0.3 is 0 Å². The van der Waals surface area contributed by atoms with Gasteiger partial charge in [-0.15, -0.1) is 11.6 Å². The molecule has 1 fully saturated rings. The fourth-order valence-corrected chi connectivity index (χ4v) is 0.560. The maximum absolute atomic E-state index is 11.7. The molecule has 1 aliphatic rings. The fraction of sp³-hybridized carbons (Fsp3) is 1.00. The number of nitrogens with two attached hydrogens (primary N) is 1.